The Morgan fingerprint density at radius 1 is 1.39 bits per heavy atom. The van der Waals surface area contributed by atoms with Crippen LogP contribution in [0, 0.1) is 0 Å². The fourth-order valence-electron chi connectivity index (χ4n) is 2.45. The van der Waals surface area contributed by atoms with Gasteiger partial charge >= 0.3 is 0 Å². The lowest BCUT2D eigenvalue weighted by Crippen LogP contribution is -2.53. The molecule has 124 valence electrons. The molecule has 0 saturated carbocycles. The molecule has 0 radical (unpaired) electrons. The second-order valence-corrected chi connectivity index (χ2v) is 5.73. The number of nitrogens with zero attached hydrogens (tertiary/aromatic N) is 5. The average Bonchev–Trinajstić information content (AvgIpc) is 2.97. The molecule has 23 heavy (non-hydrogen) atoms. The van der Waals surface area contributed by atoms with Gasteiger partial charge in [0.15, 0.2) is 0 Å². The first-order valence-corrected chi connectivity index (χ1v) is 7.55. The highest BCUT2D eigenvalue weighted by molar-refractivity contribution is 6.30. The van der Waals surface area contributed by atoms with Gasteiger partial charge in [-0.2, -0.15) is 4.80 Å². The average molecular weight is 357 g/mol. The number of nitrogens with one attached hydrogen (secondary N) is 1. The number of halogens is 2. The summed E-state index contributed by atoms with van der Waals surface area (Å²) < 4.78 is 0. The number of aromatic nitrogens is 4. The van der Waals surface area contributed by atoms with Crippen molar-refractivity contribution in [2.75, 3.05) is 19.6 Å². The summed E-state index contributed by atoms with van der Waals surface area (Å²) in [7, 11) is 0. The number of piperazine rings is 1. The standard InChI is InChI=1S/C14H17ClN6O.ClH/c1-10-8-16-6-7-20(10)13(22)9-21-18-14(17-19-21)11-2-4-12(15)5-3-11;/h2-5,10,16H,6-9H2,1H3;1H/t10-;/m1./s1. The van der Waals surface area contributed by atoms with Crippen LogP contribution in [0.4, 0.5) is 0 Å². The van der Waals surface area contributed by atoms with Crippen molar-refractivity contribution in [1.29, 1.82) is 0 Å². The van der Waals surface area contributed by atoms with Crippen molar-refractivity contribution >= 4 is 29.9 Å². The SMILES string of the molecule is C[C@@H]1CNCCN1C(=O)Cn1nnc(-c2ccc(Cl)cc2)n1.Cl. The Labute approximate surface area is 145 Å². The quantitative estimate of drug-likeness (QED) is 0.895. The molecule has 2 heterocycles. The first-order valence-electron chi connectivity index (χ1n) is 7.17. The molecule has 0 bridgehead atoms. The highest BCUT2D eigenvalue weighted by Gasteiger charge is 2.23. The molecule has 1 saturated heterocycles. The van der Waals surface area contributed by atoms with Gasteiger partial charge in [0.2, 0.25) is 11.7 Å². The third-order valence-electron chi connectivity index (χ3n) is 3.65. The van der Waals surface area contributed by atoms with E-state index < -0.39 is 0 Å². The van der Waals surface area contributed by atoms with Crippen LogP contribution >= 0.6 is 24.0 Å². The molecule has 0 unspecified atom stereocenters. The van der Waals surface area contributed by atoms with Gasteiger partial charge in [-0.15, -0.1) is 22.6 Å². The first-order chi connectivity index (χ1) is 10.6. The van der Waals surface area contributed by atoms with Crippen LogP contribution in [-0.4, -0.2) is 56.7 Å². The van der Waals surface area contributed by atoms with E-state index in [1.807, 2.05) is 24.0 Å². The predicted octanol–water partition coefficient (Wildman–Crippen LogP) is 1.24. The summed E-state index contributed by atoms with van der Waals surface area (Å²) in [6, 6.07) is 7.37. The predicted molar refractivity (Wildman–Crippen MR) is 89.6 cm³/mol. The van der Waals surface area contributed by atoms with Gasteiger partial charge < -0.3 is 10.2 Å². The molecule has 1 aliphatic rings. The van der Waals surface area contributed by atoms with E-state index in [9.17, 15) is 4.79 Å². The summed E-state index contributed by atoms with van der Waals surface area (Å²) in [5.41, 5.74) is 0.818. The summed E-state index contributed by atoms with van der Waals surface area (Å²) in [6.45, 7) is 4.46. The fraction of sp³-hybridized carbons (Fsp3) is 0.429. The largest absolute Gasteiger partial charge is 0.336 e. The van der Waals surface area contributed by atoms with E-state index in [0.717, 1.165) is 18.7 Å². The summed E-state index contributed by atoms with van der Waals surface area (Å²) in [6.07, 6.45) is 0. The molecule has 2 aromatic rings. The lowest BCUT2D eigenvalue weighted by Gasteiger charge is -2.33. The first kappa shape index (κ1) is 17.7. The van der Waals surface area contributed by atoms with Crippen LogP contribution < -0.4 is 5.32 Å². The summed E-state index contributed by atoms with van der Waals surface area (Å²) in [5.74, 6) is 0.492. The number of hydrogen-bond acceptors (Lipinski definition) is 5. The summed E-state index contributed by atoms with van der Waals surface area (Å²) in [4.78, 5) is 15.5. The number of rotatable bonds is 3. The highest BCUT2D eigenvalue weighted by Crippen LogP contribution is 2.17. The van der Waals surface area contributed by atoms with Crippen LogP contribution in [0.3, 0.4) is 0 Å². The smallest absolute Gasteiger partial charge is 0.246 e. The molecule has 3 rings (SSSR count). The molecule has 1 aliphatic heterocycles. The van der Waals surface area contributed by atoms with E-state index in [2.05, 4.69) is 20.7 Å². The molecule has 1 aromatic carbocycles. The van der Waals surface area contributed by atoms with Gasteiger partial charge in [0, 0.05) is 36.3 Å². The van der Waals surface area contributed by atoms with Crippen LogP contribution in [-0.2, 0) is 11.3 Å². The monoisotopic (exact) mass is 356 g/mol. The van der Waals surface area contributed by atoms with Gasteiger partial charge in [-0.25, -0.2) is 0 Å². The molecule has 1 aromatic heterocycles. The Morgan fingerprint density at radius 2 is 2.13 bits per heavy atom. The molecular formula is C14H18Cl2N6O. The lowest BCUT2D eigenvalue weighted by atomic mass is 10.2. The van der Waals surface area contributed by atoms with Crippen molar-refractivity contribution in [3.63, 3.8) is 0 Å². The Bertz CT molecular complexity index is 660. The zero-order valence-corrected chi connectivity index (χ0v) is 14.2. The fourth-order valence-corrected chi connectivity index (χ4v) is 2.57. The molecule has 7 nitrogen and oxygen atoms in total. The van der Waals surface area contributed by atoms with Gasteiger partial charge in [-0.05, 0) is 36.4 Å². The zero-order chi connectivity index (χ0) is 15.5. The van der Waals surface area contributed by atoms with Gasteiger partial charge in [0.25, 0.3) is 0 Å². The second-order valence-electron chi connectivity index (χ2n) is 5.29. The maximum Gasteiger partial charge on any atom is 0.246 e. The van der Waals surface area contributed by atoms with E-state index in [1.165, 1.54) is 4.80 Å². The molecule has 1 amide bonds. The summed E-state index contributed by atoms with van der Waals surface area (Å²) >= 11 is 5.86. The maximum atomic E-state index is 12.3. The number of carbonyl (C=O) groups is 1. The number of carbonyl (C=O) groups excluding carboxylic acids is 1. The second kappa shape index (κ2) is 7.72. The highest BCUT2D eigenvalue weighted by atomic mass is 35.5. The third kappa shape index (κ3) is 4.19. The molecule has 1 fully saturated rings. The van der Waals surface area contributed by atoms with Gasteiger partial charge in [0.05, 0.1) is 0 Å². The van der Waals surface area contributed by atoms with Crippen LogP contribution in [0.15, 0.2) is 24.3 Å². The van der Waals surface area contributed by atoms with E-state index in [1.54, 1.807) is 12.1 Å². The van der Waals surface area contributed by atoms with Crippen LogP contribution in [0.2, 0.25) is 5.02 Å². The molecule has 1 atom stereocenters. The van der Waals surface area contributed by atoms with Gasteiger partial charge in [0.1, 0.15) is 6.54 Å². The number of tetrazole rings is 1. The number of amides is 1. The topological polar surface area (TPSA) is 75.9 Å². The Kier molecular flexibility index (Phi) is 5.92. The molecular weight excluding hydrogens is 339 g/mol. The normalized spacial score (nSPS) is 17.7. The Hall–Kier alpha value is -1.70. The van der Waals surface area contributed by atoms with Crippen molar-refractivity contribution in [1.82, 2.24) is 30.4 Å². The number of benzene rings is 1. The van der Waals surface area contributed by atoms with Crippen molar-refractivity contribution in [2.45, 2.75) is 19.5 Å². The van der Waals surface area contributed by atoms with E-state index in [4.69, 9.17) is 11.6 Å². The number of hydrogen-bond donors (Lipinski definition) is 1. The minimum atomic E-state index is 0. The van der Waals surface area contributed by atoms with Gasteiger partial charge in [-0.1, -0.05) is 11.6 Å². The summed E-state index contributed by atoms with van der Waals surface area (Å²) in [5, 5.41) is 16.1. The third-order valence-corrected chi connectivity index (χ3v) is 3.91. The van der Waals surface area contributed by atoms with Crippen LogP contribution in [0.1, 0.15) is 6.92 Å². The molecule has 0 spiro atoms. The molecule has 1 N–H and O–H groups in total. The minimum absolute atomic E-state index is 0. The van der Waals surface area contributed by atoms with Crippen molar-refractivity contribution in [3.05, 3.63) is 29.3 Å². The maximum absolute atomic E-state index is 12.3. The zero-order valence-electron chi connectivity index (χ0n) is 12.6. The van der Waals surface area contributed by atoms with Crippen molar-refractivity contribution in [3.8, 4) is 11.4 Å². The van der Waals surface area contributed by atoms with Crippen LogP contribution in [0.25, 0.3) is 11.4 Å². The van der Waals surface area contributed by atoms with Crippen molar-refractivity contribution < 1.29 is 4.79 Å². The van der Waals surface area contributed by atoms with E-state index in [0.29, 0.717) is 17.4 Å². The van der Waals surface area contributed by atoms with Crippen molar-refractivity contribution in [2.24, 2.45) is 0 Å². The Morgan fingerprint density at radius 3 is 2.83 bits per heavy atom. The van der Waals surface area contributed by atoms with E-state index >= 15 is 0 Å². The minimum Gasteiger partial charge on any atom is -0.336 e. The lowest BCUT2D eigenvalue weighted by molar-refractivity contribution is -0.135. The molecule has 0 aliphatic carbocycles. The van der Waals surface area contributed by atoms with E-state index in [-0.39, 0.29) is 30.9 Å². The Balaban J connectivity index is 0.00000192. The van der Waals surface area contributed by atoms with Gasteiger partial charge in [-0.3, -0.25) is 4.79 Å². The van der Waals surface area contributed by atoms with Crippen LogP contribution in [0.5, 0.6) is 0 Å². The molecule has 9 heteroatoms.